The van der Waals surface area contributed by atoms with Crippen molar-refractivity contribution in [2.45, 2.75) is 52.7 Å². The Bertz CT molecular complexity index is 522. The minimum absolute atomic E-state index is 0.187. The first-order chi connectivity index (χ1) is 11.2. The van der Waals surface area contributed by atoms with Crippen LogP contribution in [0.3, 0.4) is 0 Å². The molecule has 1 fully saturated rings. The smallest absolute Gasteiger partial charge is 0.410 e. The maximum Gasteiger partial charge on any atom is 0.410 e. The second-order valence-corrected chi connectivity index (χ2v) is 8.16. The molecule has 2 rings (SSSR count). The van der Waals surface area contributed by atoms with Crippen LogP contribution < -0.4 is 5.32 Å². The van der Waals surface area contributed by atoms with Crippen molar-refractivity contribution in [3.63, 3.8) is 0 Å². The molecule has 0 saturated carbocycles. The summed E-state index contributed by atoms with van der Waals surface area (Å²) in [6, 6.07) is 11.0. The highest BCUT2D eigenvalue weighted by molar-refractivity contribution is 5.68. The van der Waals surface area contributed by atoms with Gasteiger partial charge in [0.2, 0.25) is 0 Å². The van der Waals surface area contributed by atoms with E-state index in [4.69, 9.17) is 4.74 Å². The van der Waals surface area contributed by atoms with Crippen molar-refractivity contribution in [2.24, 2.45) is 11.8 Å². The molecule has 4 heteroatoms. The van der Waals surface area contributed by atoms with Crippen molar-refractivity contribution < 1.29 is 9.53 Å². The molecule has 1 N–H and O–H groups in total. The van der Waals surface area contributed by atoms with Gasteiger partial charge in [0.1, 0.15) is 5.60 Å². The monoisotopic (exact) mass is 332 g/mol. The van der Waals surface area contributed by atoms with Crippen LogP contribution in [0.1, 0.15) is 40.2 Å². The van der Waals surface area contributed by atoms with Crippen molar-refractivity contribution in [3.05, 3.63) is 35.9 Å². The van der Waals surface area contributed by atoms with E-state index in [1.165, 1.54) is 5.56 Å². The Hall–Kier alpha value is -1.55. The normalized spacial score (nSPS) is 21.3. The zero-order valence-corrected chi connectivity index (χ0v) is 15.7. The summed E-state index contributed by atoms with van der Waals surface area (Å²) in [7, 11) is 0. The van der Waals surface area contributed by atoms with Gasteiger partial charge in [0.25, 0.3) is 0 Å². The van der Waals surface area contributed by atoms with Gasteiger partial charge in [-0.15, -0.1) is 0 Å². The first-order valence-electron chi connectivity index (χ1n) is 9.00. The fourth-order valence-electron chi connectivity index (χ4n) is 3.18. The molecule has 1 saturated heterocycles. The number of amides is 1. The molecule has 1 aliphatic heterocycles. The number of hydrogen-bond donors (Lipinski definition) is 1. The average Bonchev–Trinajstić information content (AvgIpc) is 2.87. The van der Waals surface area contributed by atoms with Gasteiger partial charge in [-0.05, 0) is 44.6 Å². The second-order valence-electron chi connectivity index (χ2n) is 8.16. The van der Waals surface area contributed by atoms with Gasteiger partial charge in [0.15, 0.2) is 0 Å². The quantitative estimate of drug-likeness (QED) is 0.894. The summed E-state index contributed by atoms with van der Waals surface area (Å²) < 4.78 is 5.56. The number of nitrogens with zero attached hydrogens (tertiary/aromatic N) is 1. The van der Waals surface area contributed by atoms with Gasteiger partial charge < -0.3 is 15.0 Å². The van der Waals surface area contributed by atoms with E-state index < -0.39 is 5.60 Å². The van der Waals surface area contributed by atoms with Gasteiger partial charge in [-0.1, -0.05) is 44.2 Å². The largest absolute Gasteiger partial charge is 0.444 e. The first-order valence-corrected chi connectivity index (χ1v) is 9.00. The lowest BCUT2D eigenvalue weighted by molar-refractivity contribution is 0.0284. The fraction of sp³-hybridized carbons (Fsp3) is 0.650. The van der Waals surface area contributed by atoms with Gasteiger partial charge >= 0.3 is 6.09 Å². The molecule has 24 heavy (non-hydrogen) atoms. The fourth-order valence-corrected chi connectivity index (χ4v) is 3.18. The Balaban J connectivity index is 2.03. The summed E-state index contributed by atoms with van der Waals surface area (Å²) in [6.07, 6.45) is 0.817. The van der Waals surface area contributed by atoms with E-state index in [1.807, 2.05) is 31.7 Å². The molecule has 0 spiro atoms. The molecule has 1 aromatic carbocycles. The molecule has 0 radical (unpaired) electrons. The summed E-state index contributed by atoms with van der Waals surface area (Å²) in [5.41, 5.74) is 0.892. The van der Waals surface area contributed by atoms with E-state index >= 15 is 0 Å². The Labute approximate surface area is 146 Å². The maximum absolute atomic E-state index is 12.4. The number of nitrogens with one attached hydrogen (secondary N) is 1. The van der Waals surface area contributed by atoms with Crippen LogP contribution in [-0.2, 0) is 11.2 Å². The van der Waals surface area contributed by atoms with Crippen molar-refractivity contribution in [1.82, 2.24) is 10.2 Å². The SMILES string of the molecule is CC(C)NC[C@@H]1CN(C(=O)OC(C)(C)C)C[C@H]1Cc1ccccc1. The van der Waals surface area contributed by atoms with Gasteiger partial charge in [0, 0.05) is 25.7 Å². The van der Waals surface area contributed by atoms with Crippen LogP contribution in [0.4, 0.5) is 4.79 Å². The Morgan fingerprint density at radius 1 is 1.21 bits per heavy atom. The lowest BCUT2D eigenvalue weighted by Crippen LogP contribution is -2.36. The Morgan fingerprint density at radius 2 is 1.83 bits per heavy atom. The predicted molar refractivity (Wildman–Crippen MR) is 98.1 cm³/mol. The van der Waals surface area contributed by atoms with Gasteiger partial charge in [-0.3, -0.25) is 0 Å². The van der Waals surface area contributed by atoms with Crippen LogP contribution in [0.15, 0.2) is 30.3 Å². The number of hydrogen-bond acceptors (Lipinski definition) is 3. The van der Waals surface area contributed by atoms with E-state index in [1.54, 1.807) is 0 Å². The van der Waals surface area contributed by atoms with Crippen LogP contribution >= 0.6 is 0 Å². The number of carbonyl (C=O) groups excluding carboxylic acids is 1. The predicted octanol–water partition coefficient (Wildman–Crippen LogP) is 3.71. The molecule has 1 amide bonds. The van der Waals surface area contributed by atoms with E-state index in [2.05, 4.69) is 43.4 Å². The molecule has 1 heterocycles. The highest BCUT2D eigenvalue weighted by atomic mass is 16.6. The molecular weight excluding hydrogens is 300 g/mol. The van der Waals surface area contributed by atoms with Crippen molar-refractivity contribution in [1.29, 1.82) is 0 Å². The zero-order valence-electron chi connectivity index (χ0n) is 15.7. The Kier molecular flexibility index (Phi) is 6.27. The summed E-state index contributed by atoms with van der Waals surface area (Å²) in [6.45, 7) is 12.6. The van der Waals surface area contributed by atoms with E-state index in [-0.39, 0.29) is 6.09 Å². The van der Waals surface area contributed by atoms with Crippen LogP contribution in [0.2, 0.25) is 0 Å². The zero-order chi connectivity index (χ0) is 17.7. The standard InChI is InChI=1S/C20H32N2O2/c1-15(2)21-12-18-14-22(19(23)24-20(3,4)5)13-17(18)11-16-9-7-6-8-10-16/h6-10,15,17-18,21H,11-14H2,1-5H3/t17-,18-/m1/s1. The molecule has 1 aliphatic rings. The van der Waals surface area contributed by atoms with E-state index in [0.29, 0.717) is 17.9 Å². The third kappa shape index (κ3) is 5.82. The van der Waals surface area contributed by atoms with Crippen molar-refractivity contribution in [3.8, 4) is 0 Å². The topological polar surface area (TPSA) is 41.6 Å². The third-order valence-corrected chi connectivity index (χ3v) is 4.36. The van der Waals surface area contributed by atoms with Crippen LogP contribution in [0.25, 0.3) is 0 Å². The van der Waals surface area contributed by atoms with Crippen molar-refractivity contribution in [2.75, 3.05) is 19.6 Å². The molecule has 0 aromatic heterocycles. The molecule has 0 aliphatic carbocycles. The van der Waals surface area contributed by atoms with Crippen molar-refractivity contribution >= 4 is 6.09 Å². The summed E-state index contributed by atoms with van der Waals surface area (Å²) in [5.74, 6) is 0.922. The third-order valence-electron chi connectivity index (χ3n) is 4.36. The second kappa shape index (κ2) is 8.02. The summed E-state index contributed by atoms with van der Waals surface area (Å²) in [4.78, 5) is 14.3. The van der Waals surface area contributed by atoms with Crippen LogP contribution in [-0.4, -0.2) is 42.3 Å². The van der Waals surface area contributed by atoms with Gasteiger partial charge in [0.05, 0.1) is 0 Å². The lowest BCUT2D eigenvalue weighted by Gasteiger charge is -2.24. The molecular formula is C20H32N2O2. The number of likely N-dealkylation sites (tertiary alicyclic amines) is 1. The van der Waals surface area contributed by atoms with Crippen LogP contribution in [0.5, 0.6) is 0 Å². The molecule has 2 atom stereocenters. The summed E-state index contributed by atoms with van der Waals surface area (Å²) >= 11 is 0. The minimum atomic E-state index is -0.444. The molecule has 134 valence electrons. The molecule has 1 aromatic rings. The van der Waals surface area contributed by atoms with E-state index in [9.17, 15) is 4.79 Å². The number of ether oxygens (including phenoxy) is 1. The van der Waals surface area contributed by atoms with Crippen LogP contribution in [0, 0.1) is 11.8 Å². The van der Waals surface area contributed by atoms with E-state index in [0.717, 1.165) is 26.1 Å². The maximum atomic E-state index is 12.4. The van der Waals surface area contributed by atoms with Gasteiger partial charge in [-0.2, -0.15) is 0 Å². The minimum Gasteiger partial charge on any atom is -0.444 e. The molecule has 4 nitrogen and oxygen atoms in total. The number of benzene rings is 1. The van der Waals surface area contributed by atoms with Gasteiger partial charge in [-0.25, -0.2) is 4.79 Å². The number of carbonyl (C=O) groups is 1. The highest BCUT2D eigenvalue weighted by Crippen LogP contribution is 2.28. The summed E-state index contributed by atoms with van der Waals surface area (Å²) in [5, 5.41) is 3.53. The highest BCUT2D eigenvalue weighted by Gasteiger charge is 2.36. The first kappa shape index (κ1) is 18.8. The lowest BCUT2D eigenvalue weighted by atomic mass is 9.89. The molecule has 0 bridgehead atoms. The average molecular weight is 332 g/mol. The number of rotatable bonds is 5. The Morgan fingerprint density at radius 3 is 2.42 bits per heavy atom. The molecule has 0 unspecified atom stereocenters.